The first-order valence-corrected chi connectivity index (χ1v) is 8.01. The van der Waals surface area contributed by atoms with Gasteiger partial charge in [0.2, 0.25) is 0 Å². The first-order valence-electron chi connectivity index (χ1n) is 7.60. The second-order valence-electron chi connectivity index (χ2n) is 5.65. The molecule has 1 aromatic rings. The number of anilines is 1. The average Bonchev–Trinajstić information content (AvgIpc) is 3.01. The highest BCUT2D eigenvalue weighted by Gasteiger charge is 2.25. The van der Waals surface area contributed by atoms with Crippen molar-refractivity contribution in [2.24, 2.45) is 0 Å². The molecule has 2 fully saturated rings. The van der Waals surface area contributed by atoms with Crippen LogP contribution < -0.4 is 15.2 Å². The van der Waals surface area contributed by atoms with E-state index in [1.165, 1.54) is 31.5 Å². The second kappa shape index (κ2) is 6.39. The topological polar surface area (TPSA) is 32.6 Å². The van der Waals surface area contributed by atoms with Gasteiger partial charge >= 0.3 is 0 Å². The van der Waals surface area contributed by atoms with Gasteiger partial charge in [0.05, 0.1) is 19.3 Å². The second-order valence-corrected chi connectivity index (χ2v) is 6.04. The molecule has 5 heteroatoms. The van der Waals surface area contributed by atoms with Gasteiger partial charge in [0, 0.05) is 12.1 Å². The van der Waals surface area contributed by atoms with E-state index in [4.69, 9.17) is 12.2 Å². The zero-order valence-electron chi connectivity index (χ0n) is 11.8. The van der Waals surface area contributed by atoms with Gasteiger partial charge in [0.1, 0.15) is 13.1 Å². The van der Waals surface area contributed by atoms with Gasteiger partial charge in [-0.15, -0.1) is 0 Å². The van der Waals surface area contributed by atoms with Crippen LogP contribution in [-0.2, 0) is 0 Å². The fraction of sp³-hybridized carbons (Fsp3) is 0.600. The van der Waals surface area contributed by atoms with Crippen LogP contribution in [0.3, 0.4) is 0 Å². The van der Waals surface area contributed by atoms with E-state index in [0.717, 1.165) is 31.3 Å². The Morgan fingerprint density at radius 2 is 1.90 bits per heavy atom. The maximum Gasteiger partial charge on any atom is 0.274 e. The van der Waals surface area contributed by atoms with Crippen molar-refractivity contribution in [1.82, 2.24) is 10.2 Å². The van der Waals surface area contributed by atoms with Crippen LogP contribution in [0.1, 0.15) is 25.7 Å². The number of pyridine rings is 1. The van der Waals surface area contributed by atoms with Crippen LogP contribution in [0.4, 0.5) is 5.82 Å². The Morgan fingerprint density at radius 1 is 1.15 bits per heavy atom. The molecule has 0 radical (unpaired) electrons. The van der Waals surface area contributed by atoms with E-state index in [0.29, 0.717) is 6.04 Å². The Bertz CT molecular complexity index is 436. The summed E-state index contributed by atoms with van der Waals surface area (Å²) in [4.78, 5) is 8.00. The van der Waals surface area contributed by atoms with E-state index in [2.05, 4.69) is 32.2 Å². The van der Waals surface area contributed by atoms with Crippen LogP contribution in [0.15, 0.2) is 24.4 Å². The van der Waals surface area contributed by atoms with Crippen LogP contribution in [0.2, 0.25) is 0 Å². The van der Waals surface area contributed by atoms with E-state index in [1.54, 1.807) is 0 Å². The molecule has 1 aromatic heterocycles. The fourth-order valence-electron chi connectivity index (χ4n) is 3.07. The zero-order chi connectivity index (χ0) is 13.8. The Labute approximate surface area is 126 Å². The van der Waals surface area contributed by atoms with Crippen molar-refractivity contribution in [3.8, 4) is 0 Å². The Balaban J connectivity index is 1.49. The predicted molar refractivity (Wildman–Crippen MR) is 84.8 cm³/mol. The summed E-state index contributed by atoms with van der Waals surface area (Å²) < 4.78 is 0. The van der Waals surface area contributed by atoms with Crippen LogP contribution in [0.25, 0.3) is 0 Å². The summed E-state index contributed by atoms with van der Waals surface area (Å²) in [5.41, 5.74) is 0. The number of hydrogen-bond acceptors (Lipinski definition) is 2. The number of nitrogens with zero attached hydrogens (tertiary/aromatic N) is 2. The Kier molecular flexibility index (Phi) is 4.35. The van der Waals surface area contributed by atoms with E-state index in [9.17, 15) is 0 Å². The largest absolute Gasteiger partial charge is 0.360 e. The summed E-state index contributed by atoms with van der Waals surface area (Å²) >= 11 is 5.55. The molecule has 1 aliphatic carbocycles. The minimum absolute atomic E-state index is 0.614. The van der Waals surface area contributed by atoms with Crippen molar-refractivity contribution in [3.05, 3.63) is 24.4 Å². The lowest BCUT2D eigenvalue weighted by molar-refractivity contribution is -0.364. The van der Waals surface area contributed by atoms with Gasteiger partial charge < -0.3 is 10.2 Å². The summed E-state index contributed by atoms with van der Waals surface area (Å²) in [6, 6.07) is 6.83. The van der Waals surface area contributed by atoms with Crippen molar-refractivity contribution in [3.63, 3.8) is 0 Å². The van der Waals surface area contributed by atoms with Gasteiger partial charge in [-0.1, -0.05) is 18.9 Å². The lowest BCUT2D eigenvalue weighted by Gasteiger charge is -2.33. The minimum atomic E-state index is 0.614. The van der Waals surface area contributed by atoms with Gasteiger partial charge in [-0.05, 0) is 31.1 Å². The summed E-state index contributed by atoms with van der Waals surface area (Å²) in [6.45, 7) is 4.04. The highest BCUT2D eigenvalue weighted by atomic mass is 32.1. The first-order chi connectivity index (χ1) is 9.83. The number of H-pyrrole nitrogens is 1. The molecule has 108 valence electrons. The minimum Gasteiger partial charge on any atom is -0.360 e. The number of hydrogen-bond donors (Lipinski definition) is 1. The number of thiocarbonyl (C=S) groups is 1. The SMILES string of the molecule is S=C(NC1CCCC1)N1CCN(c2cccc[nH+]2)CC1. The third kappa shape index (κ3) is 3.20. The number of aromatic amines is 1. The molecular formula is C15H23N4S+. The van der Waals surface area contributed by atoms with E-state index < -0.39 is 0 Å². The lowest BCUT2D eigenvalue weighted by atomic mass is 10.2. The Hall–Kier alpha value is -1.36. The van der Waals surface area contributed by atoms with Crippen LogP contribution >= 0.6 is 12.2 Å². The van der Waals surface area contributed by atoms with Gasteiger partial charge in [0.25, 0.3) is 5.82 Å². The number of rotatable bonds is 2. The van der Waals surface area contributed by atoms with E-state index in [-0.39, 0.29) is 0 Å². The number of piperazine rings is 1. The molecule has 3 rings (SSSR count). The molecule has 2 aliphatic rings. The van der Waals surface area contributed by atoms with Crippen molar-refractivity contribution >= 4 is 23.1 Å². The third-order valence-electron chi connectivity index (χ3n) is 4.28. The molecule has 0 unspecified atom stereocenters. The van der Waals surface area contributed by atoms with Crippen molar-refractivity contribution in [2.75, 3.05) is 31.1 Å². The van der Waals surface area contributed by atoms with Gasteiger partial charge in [-0.3, -0.25) is 4.90 Å². The van der Waals surface area contributed by atoms with Gasteiger partial charge in [0.15, 0.2) is 5.11 Å². The fourth-order valence-corrected chi connectivity index (χ4v) is 3.42. The molecule has 2 heterocycles. The highest BCUT2D eigenvalue weighted by Crippen LogP contribution is 2.18. The Morgan fingerprint density at radius 3 is 2.55 bits per heavy atom. The molecule has 0 amide bonds. The summed E-state index contributed by atoms with van der Waals surface area (Å²) in [5, 5.41) is 4.49. The summed E-state index contributed by atoms with van der Waals surface area (Å²) in [7, 11) is 0. The molecule has 4 nitrogen and oxygen atoms in total. The predicted octanol–water partition coefficient (Wildman–Crippen LogP) is 1.44. The molecule has 20 heavy (non-hydrogen) atoms. The molecule has 0 spiro atoms. The van der Waals surface area contributed by atoms with Crippen LogP contribution in [0.5, 0.6) is 0 Å². The lowest BCUT2D eigenvalue weighted by Crippen LogP contribution is -2.53. The maximum absolute atomic E-state index is 5.55. The van der Waals surface area contributed by atoms with Gasteiger partial charge in [-0.25, -0.2) is 4.98 Å². The molecule has 1 saturated carbocycles. The van der Waals surface area contributed by atoms with Crippen molar-refractivity contribution in [1.29, 1.82) is 0 Å². The molecule has 1 saturated heterocycles. The normalized spacial score (nSPS) is 20.2. The number of nitrogens with one attached hydrogen (secondary N) is 2. The van der Waals surface area contributed by atoms with E-state index >= 15 is 0 Å². The summed E-state index contributed by atoms with van der Waals surface area (Å²) in [6.07, 6.45) is 7.22. The first kappa shape index (κ1) is 13.6. The highest BCUT2D eigenvalue weighted by molar-refractivity contribution is 7.80. The monoisotopic (exact) mass is 291 g/mol. The van der Waals surface area contributed by atoms with Gasteiger partial charge in [-0.2, -0.15) is 0 Å². The van der Waals surface area contributed by atoms with Crippen LogP contribution in [0, 0.1) is 0 Å². The average molecular weight is 291 g/mol. The smallest absolute Gasteiger partial charge is 0.274 e. The van der Waals surface area contributed by atoms with E-state index in [1.807, 2.05) is 12.3 Å². The van der Waals surface area contributed by atoms with Crippen LogP contribution in [-0.4, -0.2) is 42.2 Å². The maximum atomic E-state index is 5.55. The molecular weight excluding hydrogens is 268 g/mol. The number of aromatic nitrogens is 1. The third-order valence-corrected chi connectivity index (χ3v) is 4.66. The standard InChI is InChI=1S/C15H22N4S/c20-15(17-13-5-1-2-6-13)19-11-9-18(10-12-19)14-7-3-4-8-16-14/h3-4,7-8,13H,1-2,5-6,9-12H2,(H,17,20)/p+1. The molecule has 0 bridgehead atoms. The summed E-state index contributed by atoms with van der Waals surface area (Å²) in [5.74, 6) is 1.20. The van der Waals surface area contributed by atoms with Crippen molar-refractivity contribution < 1.29 is 4.98 Å². The quantitative estimate of drug-likeness (QED) is 0.836. The molecule has 0 atom stereocenters. The zero-order valence-corrected chi connectivity index (χ0v) is 12.7. The molecule has 1 aliphatic heterocycles. The molecule has 2 N–H and O–H groups in total. The molecule has 0 aromatic carbocycles. The van der Waals surface area contributed by atoms with Crippen molar-refractivity contribution in [2.45, 2.75) is 31.7 Å².